The van der Waals surface area contributed by atoms with Crippen molar-refractivity contribution < 1.29 is 4.42 Å². The van der Waals surface area contributed by atoms with Crippen molar-refractivity contribution in [2.45, 2.75) is 0 Å². The van der Waals surface area contributed by atoms with Gasteiger partial charge in [-0.25, -0.2) is 0 Å². The summed E-state index contributed by atoms with van der Waals surface area (Å²) in [4.78, 5) is 6.79. The molecule has 1 aliphatic heterocycles. The summed E-state index contributed by atoms with van der Waals surface area (Å²) >= 11 is 0. The maximum absolute atomic E-state index is 6.65. The second-order valence-electron chi connectivity index (χ2n) is 12.7. The van der Waals surface area contributed by atoms with Crippen LogP contribution in [0.4, 0.5) is 39.8 Å². The second kappa shape index (κ2) is 13.3. The van der Waals surface area contributed by atoms with E-state index < -0.39 is 0 Å². The molecule has 0 atom stereocenters. The molecule has 248 valence electrons. The minimum Gasteiger partial charge on any atom is -0.455 e. The van der Waals surface area contributed by atoms with E-state index in [0.717, 1.165) is 78.6 Å². The van der Waals surface area contributed by atoms with Gasteiger partial charge in [-0.2, -0.15) is 0 Å². The van der Waals surface area contributed by atoms with Crippen molar-refractivity contribution in [1.82, 2.24) is 0 Å². The Morgan fingerprint density at radius 1 is 0.462 bits per heavy atom. The van der Waals surface area contributed by atoms with Crippen LogP contribution in [0.3, 0.4) is 0 Å². The van der Waals surface area contributed by atoms with E-state index in [1.807, 2.05) is 36.4 Å². The molecular weight excluding hydrogens is 635 g/mol. The van der Waals surface area contributed by atoms with Crippen LogP contribution in [0.2, 0.25) is 0 Å². The first-order chi connectivity index (χ1) is 25.7. The zero-order chi connectivity index (χ0) is 34.9. The molecule has 0 bridgehead atoms. The number of rotatable bonds is 7. The van der Waals surface area contributed by atoms with Crippen LogP contribution >= 0.6 is 0 Å². The monoisotopic (exact) mass is 669 g/mol. The summed E-state index contributed by atoms with van der Waals surface area (Å²) in [7, 11) is 0. The molecule has 0 amide bonds. The lowest BCUT2D eigenvalue weighted by molar-refractivity contribution is 0.668. The van der Waals surface area contributed by atoms with Gasteiger partial charge in [0.1, 0.15) is 11.2 Å². The molecule has 0 N–H and O–H groups in total. The van der Waals surface area contributed by atoms with Gasteiger partial charge in [0, 0.05) is 62.4 Å². The van der Waals surface area contributed by atoms with Crippen molar-refractivity contribution in [3.63, 3.8) is 0 Å². The standard InChI is InChI=1S/C48H35N3O/c1-35-34-42(51(39-20-10-4-11-21-39)40-22-12-5-13-23-40)32-33-49(45-31-30-44-43-24-14-15-25-46(43)52-48(44)47(35)45)36-26-28-41(29-27-36)50(37-16-6-2-7-17-37)38-18-8-3-9-19-38/h2-34H,1H2/b33-32-,42-34+. The third-order valence-electron chi connectivity index (χ3n) is 9.52. The lowest BCUT2D eigenvalue weighted by Crippen LogP contribution is -2.18. The average molecular weight is 670 g/mol. The molecule has 0 unspecified atom stereocenters. The molecule has 1 aliphatic rings. The molecule has 2 heterocycles. The first-order valence-corrected chi connectivity index (χ1v) is 17.5. The van der Waals surface area contributed by atoms with E-state index in [0.29, 0.717) is 0 Å². The third-order valence-corrected chi connectivity index (χ3v) is 9.52. The van der Waals surface area contributed by atoms with Crippen molar-refractivity contribution in [1.29, 1.82) is 0 Å². The van der Waals surface area contributed by atoms with Gasteiger partial charge in [-0.1, -0.05) is 97.6 Å². The van der Waals surface area contributed by atoms with E-state index in [4.69, 9.17) is 11.0 Å². The molecule has 0 spiro atoms. The Morgan fingerprint density at radius 2 is 0.962 bits per heavy atom. The number of fused-ring (bicyclic) bond motifs is 5. The Hall–Kier alpha value is -7.04. The van der Waals surface area contributed by atoms with Gasteiger partial charge in [0.05, 0.1) is 5.69 Å². The molecule has 4 heteroatoms. The third kappa shape index (κ3) is 5.62. The summed E-state index contributed by atoms with van der Waals surface area (Å²) in [5.41, 5.74) is 11.8. The maximum atomic E-state index is 6.65. The minimum atomic E-state index is 0.821. The summed E-state index contributed by atoms with van der Waals surface area (Å²) in [6.07, 6.45) is 6.50. The highest BCUT2D eigenvalue weighted by Gasteiger charge is 2.24. The van der Waals surface area contributed by atoms with Crippen molar-refractivity contribution >= 4 is 67.3 Å². The van der Waals surface area contributed by atoms with E-state index in [2.05, 4.69) is 179 Å². The molecule has 9 rings (SSSR count). The van der Waals surface area contributed by atoms with E-state index in [9.17, 15) is 0 Å². The first-order valence-electron chi connectivity index (χ1n) is 17.5. The lowest BCUT2D eigenvalue weighted by Gasteiger charge is -2.31. The lowest BCUT2D eigenvalue weighted by atomic mass is 9.97. The van der Waals surface area contributed by atoms with Gasteiger partial charge in [-0.15, -0.1) is 0 Å². The Bertz CT molecular complexity index is 2490. The predicted molar refractivity (Wildman–Crippen MR) is 218 cm³/mol. The molecule has 52 heavy (non-hydrogen) atoms. The number of benzene rings is 7. The van der Waals surface area contributed by atoms with Gasteiger partial charge in [0.15, 0.2) is 0 Å². The first kappa shape index (κ1) is 31.0. The molecule has 0 saturated carbocycles. The summed E-state index contributed by atoms with van der Waals surface area (Å²) in [6, 6.07) is 63.2. The van der Waals surface area contributed by atoms with Crippen LogP contribution in [0.1, 0.15) is 5.56 Å². The molecule has 0 radical (unpaired) electrons. The van der Waals surface area contributed by atoms with Gasteiger partial charge in [0.25, 0.3) is 0 Å². The van der Waals surface area contributed by atoms with E-state index in [1.165, 1.54) is 0 Å². The summed E-state index contributed by atoms with van der Waals surface area (Å²) < 4.78 is 6.65. The molecule has 0 aliphatic carbocycles. The predicted octanol–water partition coefficient (Wildman–Crippen LogP) is 13.5. The number of nitrogens with zero attached hydrogens (tertiary/aromatic N) is 3. The zero-order valence-corrected chi connectivity index (χ0v) is 28.5. The largest absolute Gasteiger partial charge is 0.455 e. The van der Waals surface area contributed by atoms with E-state index in [-0.39, 0.29) is 0 Å². The summed E-state index contributed by atoms with van der Waals surface area (Å²) in [6.45, 7) is 4.70. The SMILES string of the molecule is C=C1/C=C(N(c2ccccc2)c2ccccc2)\C=C/N(c2ccc(N(c3ccccc3)c3ccccc3)cc2)c2ccc3c(oc4ccccc43)c21. The van der Waals surface area contributed by atoms with Gasteiger partial charge >= 0.3 is 0 Å². The second-order valence-corrected chi connectivity index (χ2v) is 12.7. The summed E-state index contributed by atoms with van der Waals surface area (Å²) in [5, 5.41) is 2.15. The number of para-hydroxylation sites is 5. The number of anilines is 7. The normalized spacial score (nSPS) is 14.3. The van der Waals surface area contributed by atoms with Crippen molar-refractivity contribution in [2.75, 3.05) is 14.7 Å². The fourth-order valence-electron chi connectivity index (χ4n) is 7.15. The number of allylic oxidation sites excluding steroid dienone is 3. The Labute approximate surface area is 303 Å². The molecule has 8 aromatic rings. The van der Waals surface area contributed by atoms with E-state index >= 15 is 0 Å². The van der Waals surface area contributed by atoms with Crippen molar-refractivity contribution in [3.8, 4) is 0 Å². The van der Waals surface area contributed by atoms with Crippen LogP contribution in [0.15, 0.2) is 217 Å². The van der Waals surface area contributed by atoms with Crippen LogP contribution in [0, 0.1) is 0 Å². The summed E-state index contributed by atoms with van der Waals surface area (Å²) in [5.74, 6) is 0. The molecule has 1 aromatic heterocycles. The number of hydrogen-bond donors (Lipinski definition) is 0. The Morgan fingerprint density at radius 3 is 1.54 bits per heavy atom. The molecular formula is C48H35N3O. The quantitative estimate of drug-likeness (QED) is 0.168. The van der Waals surface area contributed by atoms with Crippen LogP contribution < -0.4 is 14.7 Å². The fraction of sp³-hybridized carbons (Fsp3) is 0. The fourth-order valence-corrected chi connectivity index (χ4v) is 7.15. The highest BCUT2D eigenvalue weighted by molar-refractivity contribution is 6.11. The van der Waals surface area contributed by atoms with Gasteiger partial charge in [-0.3, -0.25) is 0 Å². The van der Waals surface area contributed by atoms with E-state index in [1.54, 1.807) is 0 Å². The molecule has 0 fully saturated rings. The van der Waals surface area contributed by atoms with Gasteiger partial charge in [-0.05, 0) is 109 Å². The highest BCUT2D eigenvalue weighted by atomic mass is 16.3. The minimum absolute atomic E-state index is 0.821. The topological polar surface area (TPSA) is 22.9 Å². The van der Waals surface area contributed by atoms with Crippen molar-refractivity contribution in [3.05, 3.63) is 218 Å². The van der Waals surface area contributed by atoms with Crippen LogP contribution in [0.5, 0.6) is 0 Å². The average Bonchev–Trinajstić information content (AvgIpc) is 3.58. The molecule has 4 nitrogen and oxygen atoms in total. The smallest absolute Gasteiger partial charge is 0.145 e. The van der Waals surface area contributed by atoms with Gasteiger partial charge < -0.3 is 19.1 Å². The molecule has 0 saturated heterocycles. The van der Waals surface area contributed by atoms with Gasteiger partial charge in [0.2, 0.25) is 0 Å². The van der Waals surface area contributed by atoms with Crippen LogP contribution in [0.25, 0.3) is 27.5 Å². The Balaban J connectivity index is 1.22. The number of hydrogen-bond acceptors (Lipinski definition) is 4. The zero-order valence-electron chi connectivity index (χ0n) is 28.5. The van der Waals surface area contributed by atoms with Crippen LogP contribution in [-0.4, -0.2) is 0 Å². The van der Waals surface area contributed by atoms with Crippen LogP contribution in [-0.2, 0) is 0 Å². The molecule has 7 aromatic carbocycles. The number of furan rings is 1. The van der Waals surface area contributed by atoms with Crippen molar-refractivity contribution in [2.24, 2.45) is 0 Å². The Kier molecular flexibility index (Phi) is 7.95. The maximum Gasteiger partial charge on any atom is 0.145 e. The highest BCUT2D eigenvalue weighted by Crippen LogP contribution is 2.45.